The number of hydrogen-bond acceptors (Lipinski definition) is 7. The van der Waals surface area contributed by atoms with Crippen LogP contribution < -0.4 is 11.1 Å². The van der Waals surface area contributed by atoms with Crippen LogP contribution in [0.1, 0.15) is 12.6 Å². The smallest absolute Gasteiger partial charge is 0.334 e. The Morgan fingerprint density at radius 2 is 2.26 bits per heavy atom. The molecule has 1 fully saturated rings. The maximum atomic E-state index is 12.1. The topological polar surface area (TPSA) is 126 Å². The minimum absolute atomic E-state index is 0.0562. The summed E-state index contributed by atoms with van der Waals surface area (Å²) in [6.07, 6.45) is 1.42. The van der Waals surface area contributed by atoms with Crippen LogP contribution in [0.5, 0.6) is 0 Å². The fourth-order valence-electron chi connectivity index (χ4n) is 2.46. The number of nitrogens with one attached hydrogen (secondary N) is 1. The van der Waals surface area contributed by atoms with E-state index in [0.29, 0.717) is 10.8 Å². The minimum Gasteiger partial charge on any atom is -0.478 e. The van der Waals surface area contributed by atoms with Crippen molar-refractivity contribution in [1.29, 1.82) is 0 Å². The standard InChI is InChI=1S/C13H14N4O4S2/c1-5-7(12(20)21)3-17-10(19)9(11(17)23-5)16-8(18)2-6-4-22-13(14)15-6/h3-5,9,11H,2H2,1H3,(H2,14,15)(H,16,18)(H,20,21)/t5?,9?,11-/m1/s1. The van der Waals surface area contributed by atoms with Crippen molar-refractivity contribution < 1.29 is 19.5 Å². The van der Waals surface area contributed by atoms with Gasteiger partial charge in [-0.25, -0.2) is 9.78 Å². The number of thiazole rings is 1. The molecule has 0 aromatic carbocycles. The second-order valence-corrected chi connectivity index (χ2v) is 7.55. The normalized spacial score (nSPS) is 26.1. The highest BCUT2D eigenvalue weighted by atomic mass is 32.2. The molecule has 1 aromatic heterocycles. The van der Waals surface area contributed by atoms with Crippen molar-refractivity contribution in [1.82, 2.24) is 15.2 Å². The molecule has 2 unspecified atom stereocenters. The quantitative estimate of drug-likeness (QED) is 0.651. The number of hydrogen-bond donors (Lipinski definition) is 3. The summed E-state index contributed by atoms with van der Waals surface area (Å²) in [5.74, 6) is -1.65. The third kappa shape index (κ3) is 2.91. The van der Waals surface area contributed by atoms with Crippen LogP contribution >= 0.6 is 23.1 Å². The van der Waals surface area contributed by atoms with Crippen molar-refractivity contribution in [3.05, 3.63) is 22.8 Å². The second-order valence-electron chi connectivity index (χ2n) is 5.20. The number of nitrogen functional groups attached to an aromatic ring is 1. The summed E-state index contributed by atoms with van der Waals surface area (Å²) in [7, 11) is 0. The van der Waals surface area contributed by atoms with E-state index in [4.69, 9.17) is 10.8 Å². The molecule has 2 aliphatic heterocycles. The molecule has 0 saturated carbocycles. The predicted molar refractivity (Wildman–Crippen MR) is 85.6 cm³/mol. The van der Waals surface area contributed by atoms with Gasteiger partial charge in [-0.05, 0) is 6.92 Å². The van der Waals surface area contributed by atoms with Crippen LogP contribution in [0.4, 0.5) is 5.13 Å². The molecule has 1 saturated heterocycles. The van der Waals surface area contributed by atoms with Gasteiger partial charge in [0.2, 0.25) is 5.91 Å². The van der Waals surface area contributed by atoms with E-state index in [9.17, 15) is 14.4 Å². The lowest BCUT2D eigenvalue weighted by molar-refractivity contribution is -0.145. The molecule has 4 N–H and O–H groups in total. The number of carbonyl (C=O) groups excluding carboxylic acids is 2. The van der Waals surface area contributed by atoms with Gasteiger partial charge >= 0.3 is 5.97 Å². The van der Waals surface area contributed by atoms with Gasteiger partial charge < -0.3 is 21.1 Å². The molecule has 0 radical (unpaired) electrons. The summed E-state index contributed by atoms with van der Waals surface area (Å²) < 4.78 is 0. The van der Waals surface area contributed by atoms with Crippen LogP contribution in [0.15, 0.2) is 17.2 Å². The molecule has 10 heteroatoms. The van der Waals surface area contributed by atoms with E-state index in [1.807, 2.05) is 0 Å². The average molecular weight is 354 g/mol. The number of aromatic nitrogens is 1. The molecule has 0 aliphatic carbocycles. The largest absolute Gasteiger partial charge is 0.478 e. The van der Waals surface area contributed by atoms with Crippen molar-refractivity contribution in [3.63, 3.8) is 0 Å². The number of carboxylic acid groups (broad SMARTS) is 1. The Morgan fingerprint density at radius 3 is 2.87 bits per heavy atom. The lowest BCUT2D eigenvalue weighted by Crippen LogP contribution is -2.69. The molecule has 1 aromatic rings. The molecule has 23 heavy (non-hydrogen) atoms. The summed E-state index contributed by atoms with van der Waals surface area (Å²) in [5.41, 5.74) is 6.26. The van der Waals surface area contributed by atoms with Crippen molar-refractivity contribution in [2.45, 2.75) is 30.0 Å². The lowest BCUT2D eigenvalue weighted by Gasteiger charge is -2.48. The van der Waals surface area contributed by atoms with E-state index >= 15 is 0 Å². The van der Waals surface area contributed by atoms with Gasteiger partial charge in [-0.1, -0.05) is 0 Å². The van der Waals surface area contributed by atoms with Gasteiger partial charge in [-0.3, -0.25) is 9.59 Å². The molecule has 122 valence electrons. The second kappa shape index (κ2) is 5.85. The maximum Gasteiger partial charge on any atom is 0.334 e. The molecule has 0 spiro atoms. The van der Waals surface area contributed by atoms with Crippen LogP contribution in [0.3, 0.4) is 0 Å². The van der Waals surface area contributed by atoms with Crippen LogP contribution in [0, 0.1) is 0 Å². The number of anilines is 1. The van der Waals surface area contributed by atoms with Crippen molar-refractivity contribution in [3.8, 4) is 0 Å². The zero-order valence-corrected chi connectivity index (χ0v) is 13.7. The molecule has 3 heterocycles. The Balaban J connectivity index is 1.64. The number of carbonyl (C=O) groups is 3. The predicted octanol–water partition coefficient (Wildman–Crippen LogP) is 0.0247. The molecule has 3 atom stereocenters. The first-order valence-electron chi connectivity index (χ1n) is 6.78. The fourth-order valence-corrected chi connectivity index (χ4v) is 4.39. The molecular weight excluding hydrogens is 340 g/mol. The Bertz CT molecular complexity index is 717. The number of carboxylic acids is 1. The molecule has 3 rings (SSSR count). The van der Waals surface area contributed by atoms with Crippen LogP contribution in [0.25, 0.3) is 0 Å². The monoisotopic (exact) mass is 354 g/mol. The highest BCUT2D eigenvalue weighted by Crippen LogP contribution is 2.40. The van der Waals surface area contributed by atoms with Crippen molar-refractivity contribution >= 4 is 46.0 Å². The molecule has 2 amide bonds. The third-order valence-corrected chi connectivity index (χ3v) is 5.78. The number of β-lactam (4-membered cyclic amide) rings is 1. The zero-order valence-electron chi connectivity index (χ0n) is 12.1. The van der Waals surface area contributed by atoms with Gasteiger partial charge in [0.1, 0.15) is 11.4 Å². The summed E-state index contributed by atoms with van der Waals surface area (Å²) in [5, 5.41) is 13.3. The summed E-state index contributed by atoms with van der Waals surface area (Å²) in [6.45, 7) is 1.77. The Hall–Kier alpha value is -2.07. The average Bonchev–Trinajstić information content (AvgIpc) is 2.89. The number of fused-ring (bicyclic) bond motifs is 1. The fraction of sp³-hybridized carbons (Fsp3) is 0.385. The number of rotatable bonds is 4. The number of nitrogens with zero attached hydrogens (tertiary/aromatic N) is 2. The van der Waals surface area contributed by atoms with E-state index in [1.54, 1.807) is 12.3 Å². The van der Waals surface area contributed by atoms with Crippen molar-refractivity contribution in [2.24, 2.45) is 0 Å². The minimum atomic E-state index is -1.04. The van der Waals surface area contributed by atoms with Gasteiger partial charge in [-0.15, -0.1) is 23.1 Å². The first kappa shape index (κ1) is 15.8. The van der Waals surface area contributed by atoms with E-state index in [0.717, 1.165) is 0 Å². The van der Waals surface area contributed by atoms with Gasteiger partial charge in [0, 0.05) is 16.8 Å². The molecule has 0 bridgehead atoms. The summed E-state index contributed by atoms with van der Waals surface area (Å²) in [6, 6.07) is -0.641. The maximum absolute atomic E-state index is 12.1. The van der Waals surface area contributed by atoms with Gasteiger partial charge in [-0.2, -0.15) is 0 Å². The van der Waals surface area contributed by atoms with Crippen LogP contribution in [0.2, 0.25) is 0 Å². The number of nitrogens with two attached hydrogens (primary N) is 1. The highest BCUT2D eigenvalue weighted by Gasteiger charge is 2.51. The van der Waals surface area contributed by atoms with Gasteiger partial charge in [0.15, 0.2) is 5.13 Å². The van der Waals surface area contributed by atoms with Gasteiger partial charge in [0.25, 0.3) is 5.91 Å². The first-order valence-corrected chi connectivity index (χ1v) is 8.61. The Morgan fingerprint density at radius 1 is 1.52 bits per heavy atom. The van der Waals surface area contributed by atoms with Crippen LogP contribution in [-0.4, -0.2) is 49.4 Å². The first-order chi connectivity index (χ1) is 10.9. The van der Waals surface area contributed by atoms with Crippen molar-refractivity contribution in [2.75, 3.05) is 5.73 Å². The van der Waals surface area contributed by atoms with Crippen LogP contribution in [-0.2, 0) is 20.8 Å². The van der Waals surface area contributed by atoms with E-state index in [1.165, 1.54) is 34.2 Å². The number of aliphatic carboxylic acids is 1. The van der Waals surface area contributed by atoms with E-state index < -0.39 is 12.0 Å². The SMILES string of the molecule is CC1S[C@@H]2C(NC(=O)Cc3csc(N)n3)C(=O)N2C=C1C(=O)O. The molecule has 8 nitrogen and oxygen atoms in total. The number of thioether (sulfide) groups is 1. The summed E-state index contributed by atoms with van der Waals surface area (Å²) >= 11 is 2.60. The van der Waals surface area contributed by atoms with E-state index in [-0.39, 0.29) is 34.4 Å². The molecular formula is C13H14N4O4S2. The Kier molecular flexibility index (Phi) is 4.02. The Labute approximate surface area is 139 Å². The highest BCUT2D eigenvalue weighted by molar-refractivity contribution is 8.00. The third-order valence-electron chi connectivity index (χ3n) is 3.61. The number of amides is 2. The molecule has 2 aliphatic rings. The lowest BCUT2D eigenvalue weighted by atomic mass is 10.1. The summed E-state index contributed by atoms with van der Waals surface area (Å²) in [4.78, 5) is 40.6. The van der Waals surface area contributed by atoms with Gasteiger partial charge in [0.05, 0.1) is 17.7 Å². The van der Waals surface area contributed by atoms with E-state index in [2.05, 4.69) is 10.3 Å². The zero-order chi connectivity index (χ0) is 16.7.